The highest BCUT2D eigenvalue weighted by atomic mass is 31.1. The lowest BCUT2D eigenvalue weighted by Crippen LogP contribution is -1.97. The van der Waals surface area contributed by atoms with Gasteiger partial charge in [-0.05, 0) is 13.0 Å². The summed E-state index contributed by atoms with van der Waals surface area (Å²) in [5.74, 6) is 0. The predicted molar refractivity (Wildman–Crippen MR) is 87.8 cm³/mol. The molecule has 0 aliphatic heterocycles. The van der Waals surface area contributed by atoms with Gasteiger partial charge in [0.15, 0.2) is 0 Å². The van der Waals surface area contributed by atoms with Crippen LogP contribution in [0.4, 0.5) is 0 Å². The Balaban J connectivity index is -0.000000165. The van der Waals surface area contributed by atoms with Crippen molar-refractivity contribution in [3.63, 3.8) is 0 Å². The molecule has 0 amide bonds. The van der Waals surface area contributed by atoms with Gasteiger partial charge in [-0.1, -0.05) is 79.6 Å². The van der Waals surface area contributed by atoms with Crippen molar-refractivity contribution in [1.82, 2.24) is 0 Å². The first-order valence-corrected chi connectivity index (χ1v) is 8.07. The van der Waals surface area contributed by atoms with Gasteiger partial charge in [0.2, 0.25) is 0 Å². The van der Waals surface area contributed by atoms with Gasteiger partial charge in [0.25, 0.3) is 0 Å². The first-order valence-electron chi connectivity index (χ1n) is 6.77. The summed E-state index contributed by atoms with van der Waals surface area (Å²) >= 11 is 0. The maximum atomic E-state index is 8.74. The van der Waals surface area contributed by atoms with E-state index in [1.807, 2.05) is 0 Å². The quantitative estimate of drug-likeness (QED) is 0.409. The SMILES string of the molecule is C.C.CCCCCCCCCCCCN.O=[PH](O)O. The largest absolute Gasteiger partial charge is 0.330 e. The summed E-state index contributed by atoms with van der Waals surface area (Å²) in [7, 11) is -3.13. The Kier molecular flexibility index (Phi) is 38.5. The van der Waals surface area contributed by atoms with Crippen molar-refractivity contribution in [2.24, 2.45) is 5.73 Å². The average molecular weight is 299 g/mol. The first-order chi connectivity index (χ1) is 8.15. The Morgan fingerprint density at radius 1 is 0.789 bits per heavy atom. The summed E-state index contributed by atoms with van der Waals surface area (Å²) in [5, 5.41) is 0. The lowest BCUT2D eigenvalue weighted by Gasteiger charge is -2.00. The zero-order valence-corrected chi connectivity index (χ0v) is 12.2. The highest BCUT2D eigenvalue weighted by Gasteiger charge is 1.91. The van der Waals surface area contributed by atoms with Gasteiger partial charge in [-0.25, -0.2) is 0 Å². The van der Waals surface area contributed by atoms with E-state index in [-0.39, 0.29) is 14.9 Å². The monoisotopic (exact) mass is 299 g/mol. The molecule has 0 bridgehead atoms. The molecule has 0 fully saturated rings. The van der Waals surface area contributed by atoms with Gasteiger partial charge in [-0.3, -0.25) is 4.57 Å². The third-order valence-corrected chi connectivity index (χ3v) is 2.56. The molecule has 0 atom stereocenters. The zero-order chi connectivity index (χ0) is 13.4. The smallest absolute Gasteiger partial charge is 0.314 e. The first kappa shape index (κ1) is 27.5. The van der Waals surface area contributed by atoms with Crippen LogP contribution in [0, 0.1) is 0 Å². The van der Waals surface area contributed by atoms with Crippen molar-refractivity contribution in [1.29, 1.82) is 0 Å². The van der Waals surface area contributed by atoms with E-state index in [9.17, 15) is 0 Å². The molecule has 0 aliphatic rings. The molecule has 4 N–H and O–H groups in total. The highest BCUT2D eigenvalue weighted by Crippen LogP contribution is 2.09. The van der Waals surface area contributed by atoms with Gasteiger partial charge in [0.05, 0.1) is 0 Å². The van der Waals surface area contributed by atoms with Crippen LogP contribution in [-0.4, -0.2) is 16.3 Å². The lowest BCUT2D eigenvalue weighted by molar-refractivity contribution is 0.405. The van der Waals surface area contributed by atoms with E-state index in [0.717, 1.165) is 6.54 Å². The maximum Gasteiger partial charge on any atom is 0.314 e. The number of rotatable bonds is 10. The van der Waals surface area contributed by atoms with Crippen LogP contribution < -0.4 is 5.73 Å². The Labute approximate surface area is 121 Å². The molecule has 0 saturated heterocycles. The minimum absolute atomic E-state index is 0. The fourth-order valence-electron chi connectivity index (χ4n) is 1.63. The molecule has 0 saturated carbocycles. The van der Waals surface area contributed by atoms with E-state index in [1.54, 1.807) is 0 Å². The Bertz CT molecular complexity index is 144. The van der Waals surface area contributed by atoms with E-state index in [4.69, 9.17) is 20.1 Å². The second-order valence-electron chi connectivity index (χ2n) is 4.25. The number of nitrogens with two attached hydrogens (primary N) is 1. The second kappa shape index (κ2) is 26.6. The molecular formula is C14H38NO3P. The molecule has 19 heavy (non-hydrogen) atoms. The zero-order valence-electron chi connectivity index (χ0n) is 11.2. The van der Waals surface area contributed by atoms with Crippen LogP contribution in [0.1, 0.15) is 86.0 Å². The van der Waals surface area contributed by atoms with Gasteiger partial charge in [0.1, 0.15) is 0 Å². The van der Waals surface area contributed by atoms with Crippen LogP contribution >= 0.6 is 8.25 Å². The van der Waals surface area contributed by atoms with Gasteiger partial charge in [-0.2, -0.15) is 0 Å². The lowest BCUT2D eigenvalue weighted by atomic mass is 10.1. The van der Waals surface area contributed by atoms with Crippen molar-refractivity contribution in [3.05, 3.63) is 0 Å². The molecule has 0 aromatic heterocycles. The molecule has 0 aliphatic carbocycles. The third kappa shape index (κ3) is 46.0. The van der Waals surface area contributed by atoms with Gasteiger partial charge in [-0.15, -0.1) is 0 Å². The van der Waals surface area contributed by atoms with E-state index < -0.39 is 8.25 Å². The van der Waals surface area contributed by atoms with Crippen LogP contribution in [0.2, 0.25) is 0 Å². The molecule has 0 radical (unpaired) electrons. The maximum absolute atomic E-state index is 8.74. The summed E-state index contributed by atoms with van der Waals surface area (Å²) in [4.78, 5) is 14.3. The topological polar surface area (TPSA) is 83.6 Å². The van der Waals surface area contributed by atoms with E-state index in [0.29, 0.717) is 0 Å². The molecule has 0 aromatic rings. The fraction of sp³-hybridized carbons (Fsp3) is 1.00. The minimum atomic E-state index is -3.13. The standard InChI is InChI=1S/C12H27N.2CH4.H3O3P/c1-2-3-4-5-6-7-8-9-10-11-12-13;;;1-4(2)3/h2-13H2,1H3;2*1H4;4H,(H2,1,2,3). The predicted octanol–water partition coefficient (Wildman–Crippen LogP) is 4.50. The summed E-state index contributed by atoms with van der Waals surface area (Å²) < 4.78 is 8.74. The molecule has 0 rings (SSSR count). The molecule has 0 unspecified atom stereocenters. The normalized spacial score (nSPS) is 9.11. The summed E-state index contributed by atoms with van der Waals surface area (Å²) in [6.07, 6.45) is 13.9. The van der Waals surface area contributed by atoms with Crippen molar-refractivity contribution in [3.8, 4) is 0 Å². The van der Waals surface area contributed by atoms with Gasteiger partial charge < -0.3 is 15.5 Å². The Morgan fingerprint density at radius 3 is 1.32 bits per heavy atom. The number of hydrogen-bond acceptors (Lipinski definition) is 2. The van der Waals surface area contributed by atoms with Crippen LogP contribution in [0.3, 0.4) is 0 Å². The molecule has 0 heterocycles. The Hall–Kier alpha value is 0.110. The number of hydrogen-bond donors (Lipinski definition) is 3. The summed E-state index contributed by atoms with van der Waals surface area (Å²) in [6.45, 7) is 3.14. The van der Waals surface area contributed by atoms with Crippen LogP contribution in [0.25, 0.3) is 0 Å². The van der Waals surface area contributed by atoms with Crippen LogP contribution in [-0.2, 0) is 4.57 Å². The second-order valence-corrected chi connectivity index (χ2v) is 4.82. The summed E-state index contributed by atoms with van der Waals surface area (Å²) in [5.41, 5.74) is 5.42. The van der Waals surface area contributed by atoms with Gasteiger partial charge in [0, 0.05) is 0 Å². The van der Waals surface area contributed by atoms with E-state index in [1.165, 1.54) is 64.2 Å². The van der Waals surface area contributed by atoms with E-state index >= 15 is 0 Å². The van der Waals surface area contributed by atoms with Crippen molar-refractivity contribution in [2.45, 2.75) is 86.0 Å². The van der Waals surface area contributed by atoms with Crippen molar-refractivity contribution >= 4 is 8.25 Å². The van der Waals surface area contributed by atoms with Crippen LogP contribution in [0.5, 0.6) is 0 Å². The average Bonchev–Trinajstić information content (AvgIpc) is 2.26. The van der Waals surface area contributed by atoms with Crippen molar-refractivity contribution in [2.75, 3.05) is 6.54 Å². The van der Waals surface area contributed by atoms with Crippen molar-refractivity contribution < 1.29 is 14.4 Å². The molecule has 0 spiro atoms. The Morgan fingerprint density at radius 2 is 1.05 bits per heavy atom. The minimum Gasteiger partial charge on any atom is -0.330 e. The highest BCUT2D eigenvalue weighted by molar-refractivity contribution is 7.30. The summed E-state index contributed by atoms with van der Waals surface area (Å²) in [6, 6.07) is 0. The number of unbranched alkanes of at least 4 members (excludes halogenated alkanes) is 9. The molecule has 5 heteroatoms. The van der Waals surface area contributed by atoms with Gasteiger partial charge >= 0.3 is 8.25 Å². The van der Waals surface area contributed by atoms with E-state index in [2.05, 4.69) is 6.92 Å². The van der Waals surface area contributed by atoms with Crippen LogP contribution in [0.15, 0.2) is 0 Å². The molecule has 122 valence electrons. The molecule has 0 aromatic carbocycles. The third-order valence-electron chi connectivity index (χ3n) is 2.56. The molecule has 4 nitrogen and oxygen atoms in total. The molecular weight excluding hydrogens is 261 g/mol. The fourth-order valence-corrected chi connectivity index (χ4v) is 1.63.